The zero-order chi connectivity index (χ0) is 13.1. The molecule has 3 rings (SSSR count). The standard InChI is InChI=1S/C14H14O4/c1-14(2)6-5-9(15)11-8(14)4-3-7-10(11)13(17)18-12(7)16/h3-4,13,17H,5-6H2,1-2H3/t13-/m0/s1. The fraction of sp³-hybridized carbons (Fsp3) is 0.429. The van der Waals surface area contributed by atoms with Crippen LogP contribution in [0, 0.1) is 0 Å². The molecule has 1 aliphatic heterocycles. The van der Waals surface area contributed by atoms with Crippen molar-refractivity contribution in [3.05, 3.63) is 34.4 Å². The van der Waals surface area contributed by atoms with Gasteiger partial charge in [-0.1, -0.05) is 19.9 Å². The summed E-state index contributed by atoms with van der Waals surface area (Å²) in [5, 5.41) is 9.80. The molecule has 0 fully saturated rings. The number of fused-ring (bicyclic) bond motifs is 3. The highest BCUT2D eigenvalue weighted by molar-refractivity contribution is 6.05. The number of benzene rings is 1. The molecule has 18 heavy (non-hydrogen) atoms. The quantitative estimate of drug-likeness (QED) is 0.712. The van der Waals surface area contributed by atoms with Gasteiger partial charge in [0.25, 0.3) is 0 Å². The van der Waals surface area contributed by atoms with E-state index in [-0.39, 0.29) is 11.2 Å². The Morgan fingerprint density at radius 1 is 1.33 bits per heavy atom. The molecule has 1 N–H and O–H groups in total. The summed E-state index contributed by atoms with van der Waals surface area (Å²) in [6.45, 7) is 4.13. The maximum absolute atomic E-state index is 12.1. The third-order valence-corrected chi connectivity index (χ3v) is 3.92. The molecule has 0 saturated heterocycles. The number of hydrogen-bond donors (Lipinski definition) is 1. The Balaban J connectivity index is 2.33. The molecule has 4 heteroatoms. The van der Waals surface area contributed by atoms with Crippen LogP contribution in [0.4, 0.5) is 0 Å². The predicted octanol–water partition coefficient (Wildman–Crippen LogP) is 2.10. The van der Waals surface area contributed by atoms with E-state index in [2.05, 4.69) is 13.8 Å². The molecule has 1 aliphatic carbocycles. The minimum absolute atomic E-state index is 0.0153. The molecule has 1 aromatic rings. The van der Waals surface area contributed by atoms with Gasteiger partial charge in [-0.05, 0) is 23.5 Å². The van der Waals surface area contributed by atoms with Crippen LogP contribution < -0.4 is 0 Å². The highest BCUT2D eigenvalue weighted by atomic mass is 16.6. The first-order chi connectivity index (χ1) is 8.42. The molecule has 4 nitrogen and oxygen atoms in total. The van der Waals surface area contributed by atoms with Crippen molar-refractivity contribution in [3.8, 4) is 0 Å². The monoisotopic (exact) mass is 246 g/mol. The van der Waals surface area contributed by atoms with Gasteiger partial charge in [0.1, 0.15) is 0 Å². The fourth-order valence-corrected chi connectivity index (χ4v) is 2.83. The van der Waals surface area contributed by atoms with Crippen LogP contribution in [0.2, 0.25) is 0 Å². The van der Waals surface area contributed by atoms with Crippen molar-refractivity contribution in [1.82, 2.24) is 0 Å². The van der Waals surface area contributed by atoms with Crippen LogP contribution in [0.5, 0.6) is 0 Å². The SMILES string of the molecule is CC1(C)CCC(=O)c2c1ccc1c2[C@@H](O)OC1=O. The Kier molecular flexibility index (Phi) is 2.17. The van der Waals surface area contributed by atoms with Crippen LogP contribution in [0.25, 0.3) is 0 Å². The van der Waals surface area contributed by atoms with Gasteiger partial charge in [-0.25, -0.2) is 4.79 Å². The van der Waals surface area contributed by atoms with Crippen molar-refractivity contribution < 1.29 is 19.4 Å². The van der Waals surface area contributed by atoms with E-state index >= 15 is 0 Å². The van der Waals surface area contributed by atoms with Gasteiger partial charge in [-0.2, -0.15) is 0 Å². The zero-order valence-corrected chi connectivity index (χ0v) is 10.3. The van der Waals surface area contributed by atoms with Crippen molar-refractivity contribution in [2.45, 2.75) is 38.4 Å². The molecule has 0 amide bonds. The largest absolute Gasteiger partial charge is 0.428 e. The molecular formula is C14H14O4. The molecule has 2 aliphatic rings. The number of rotatable bonds is 0. The Bertz CT molecular complexity index is 571. The number of aliphatic hydroxyl groups is 1. The van der Waals surface area contributed by atoms with E-state index in [4.69, 9.17) is 4.74 Å². The summed E-state index contributed by atoms with van der Waals surface area (Å²) in [7, 11) is 0. The molecule has 0 saturated carbocycles. The van der Waals surface area contributed by atoms with Gasteiger partial charge in [-0.15, -0.1) is 0 Å². The topological polar surface area (TPSA) is 63.6 Å². The second kappa shape index (κ2) is 3.42. The van der Waals surface area contributed by atoms with Gasteiger partial charge < -0.3 is 9.84 Å². The van der Waals surface area contributed by atoms with Crippen molar-refractivity contribution in [1.29, 1.82) is 0 Å². The number of carbonyl (C=O) groups excluding carboxylic acids is 2. The van der Waals surface area contributed by atoms with Crippen molar-refractivity contribution in [3.63, 3.8) is 0 Å². The Morgan fingerprint density at radius 3 is 2.78 bits per heavy atom. The number of aliphatic hydroxyl groups excluding tert-OH is 1. The molecule has 0 unspecified atom stereocenters. The highest BCUT2D eigenvalue weighted by Crippen LogP contribution is 2.43. The first-order valence-electron chi connectivity index (χ1n) is 6.01. The van der Waals surface area contributed by atoms with Gasteiger partial charge >= 0.3 is 5.97 Å². The van der Waals surface area contributed by atoms with Gasteiger partial charge in [0.15, 0.2) is 5.78 Å². The van der Waals surface area contributed by atoms with E-state index in [1.807, 2.05) is 6.07 Å². The maximum Gasteiger partial charge on any atom is 0.341 e. The van der Waals surface area contributed by atoms with Crippen LogP contribution in [0.15, 0.2) is 12.1 Å². The minimum Gasteiger partial charge on any atom is -0.428 e. The number of hydrogen-bond acceptors (Lipinski definition) is 4. The summed E-state index contributed by atoms with van der Waals surface area (Å²) in [6.07, 6.45) is -0.0832. The Hall–Kier alpha value is -1.68. The normalized spacial score (nSPS) is 24.5. The molecule has 1 atom stereocenters. The molecule has 1 heterocycles. The molecular weight excluding hydrogens is 232 g/mol. The maximum atomic E-state index is 12.1. The van der Waals surface area contributed by atoms with Crippen molar-refractivity contribution >= 4 is 11.8 Å². The Labute approximate surface area is 105 Å². The van der Waals surface area contributed by atoms with E-state index in [9.17, 15) is 14.7 Å². The number of esters is 1. The van der Waals surface area contributed by atoms with Gasteiger partial charge in [0, 0.05) is 17.5 Å². The van der Waals surface area contributed by atoms with Crippen LogP contribution >= 0.6 is 0 Å². The van der Waals surface area contributed by atoms with E-state index in [1.54, 1.807) is 6.07 Å². The van der Waals surface area contributed by atoms with E-state index < -0.39 is 12.3 Å². The first-order valence-corrected chi connectivity index (χ1v) is 6.01. The third-order valence-electron chi connectivity index (χ3n) is 3.92. The van der Waals surface area contributed by atoms with Gasteiger partial charge in [0.05, 0.1) is 5.56 Å². The summed E-state index contributed by atoms with van der Waals surface area (Å²) in [5.74, 6) is -0.574. The summed E-state index contributed by atoms with van der Waals surface area (Å²) < 4.78 is 4.78. The van der Waals surface area contributed by atoms with Gasteiger partial charge in [-0.3, -0.25) is 4.79 Å². The second-order valence-corrected chi connectivity index (χ2v) is 5.51. The number of cyclic esters (lactones) is 1. The molecule has 0 aromatic heterocycles. The molecule has 1 aromatic carbocycles. The number of Topliss-reactive ketones (excluding diaryl/α,β-unsaturated/α-hetero) is 1. The summed E-state index contributed by atoms with van der Waals surface area (Å²) in [5.41, 5.74) is 1.93. The third kappa shape index (κ3) is 1.35. The van der Waals surface area contributed by atoms with E-state index in [0.717, 1.165) is 12.0 Å². The lowest BCUT2D eigenvalue weighted by Gasteiger charge is -2.32. The van der Waals surface area contributed by atoms with Crippen molar-refractivity contribution in [2.24, 2.45) is 0 Å². The summed E-state index contributed by atoms with van der Waals surface area (Å²) in [6, 6.07) is 3.46. The predicted molar refractivity (Wildman–Crippen MR) is 63.4 cm³/mol. The number of ether oxygens (including phenoxy) is 1. The van der Waals surface area contributed by atoms with Gasteiger partial charge in [0.2, 0.25) is 6.29 Å². The molecule has 94 valence electrons. The molecule has 0 radical (unpaired) electrons. The summed E-state index contributed by atoms with van der Waals surface area (Å²) in [4.78, 5) is 23.6. The van der Waals surface area contributed by atoms with E-state index in [1.165, 1.54) is 0 Å². The smallest absolute Gasteiger partial charge is 0.341 e. The average molecular weight is 246 g/mol. The second-order valence-electron chi connectivity index (χ2n) is 5.51. The first kappa shape index (κ1) is 11.4. The lowest BCUT2D eigenvalue weighted by molar-refractivity contribution is -0.0551. The Morgan fingerprint density at radius 2 is 2.06 bits per heavy atom. The number of carbonyl (C=O) groups is 2. The molecule has 0 spiro atoms. The average Bonchev–Trinajstić information content (AvgIpc) is 2.60. The van der Waals surface area contributed by atoms with Crippen LogP contribution in [0.3, 0.4) is 0 Å². The lowest BCUT2D eigenvalue weighted by atomic mass is 9.70. The lowest BCUT2D eigenvalue weighted by Crippen LogP contribution is -2.29. The fourth-order valence-electron chi connectivity index (χ4n) is 2.83. The number of ketones is 1. The van der Waals surface area contributed by atoms with Crippen LogP contribution in [-0.4, -0.2) is 16.9 Å². The van der Waals surface area contributed by atoms with Crippen LogP contribution in [0.1, 0.15) is 64.8 Å². The molecule has 0 bridgehead atoms. The van der Waals surface area contributed by atoms with Crippen molar-refractivity contribution in [2.75, 3.05) is 0 Å². The highest BCUT2D eigenvalue weighted by Gasteiger charge is 2.40. The van der Waals surface area contributed by atoms with Crippen LogP contribution in [-0.2, 0) is 10.2 Å². The zero-order valence-electron chi connectivity index (χ0n) is 10.3. The minimum atomic E-state index is -1.31. The summed E-state index contributed by atoms with van der Waals surface area (Å²) >= 11 is 0. The van der Waals surface area contributed by atoms with E-state index in [0.29, 0.717) is 23.1 Å².